The molecule has 0 saturated carbocycles. The molecule has 0 aromatic carbocycles. The van der Waals surface area contributed by atoms with Crippen molar-refractivity contribution in [2.75, 3.05) is 6.54 Å². The van der Waals surface area contributed by atoms with Gasteiger partial charge in [-0.1, -0.05) is 0 Å². The van der Waals surface area contributed by atoms with Gasteiger partial charge in [-0.25, -0.2) is 5.84 Å². The van der Waals surface area contributed by atoms with Crippen LogP contribution in [0.1, 0.15) is 27.2 Å². The molecule has 14 heavy (non-hydrogen) atoms. The molecule has 0 aromatic heterocycles. The third kappa shape index (κ3) is 2.45. The molecule has 1 rings (SSSR count). The van der Waals surface area contributed by atoms with Crippen molar-refractivity contribution in [3.8, 4) is 0 Å². The second-order valence-corrected chi connectivity index (χ2v) is 4.41. The van der Waals surface area contributed by atoms with E-state index in [0.29, 0.717) is 13.0 Å². The van der Waals surface area contributed by atoms with Crippen LogP contribution in [0.25, 0.3) is 0 Å². The van der Waals surface area contributed by atoms with Gasteiger partial charge in [0, 0.05) is 6.54 Å². The zero-order valence-electron chi connectivity index (χ0n) is 8.74. The number of carbonyl (C=O) groups excluding carboxylic acids is 2. The van der Waals surface area contributed by atoms with Crippen LogP contribution >= 0.6 is 0 Å². The van der Waals surface area contributed by atoms with Crippen molar-refractivity contribution < 1.29 is 14.3 Å². The summed E-state index contributed by atoms with van der Waals surface area (Å²) in [6, 6.07) is 0. The minimum atomic E-state index is -0.709. The lowest BCUT2D eigenvalue weighted by atomic mass is 10.1. The molecule has 1 aliphatic heterocycles. The lowest BCUT2D eigenvalue weighted by molar-refractivity contribution is -0.162. The summed E-state index contributed by atoms with van der Waals surface area (Å²) in [5.41, 5.74) is -0.556. The van der Waals surface area contributed by atoms with Crippen LogP contribution in [0.4, 0.5) is 0 Å². The fourth-order valence-electron chi connectivity index (χ4n) is 1.29. The van der Waals surface area contributed by atoms with Gasteiger partial charge in [-0.3, -0.25) is 14.6 Å². The number of ether oxygens (including phenoxy) is 1. The molecule has 0 spiro atoms. The van der Waals surface area contributed by atoms with Gasteiger partial charge in [-0.2, -0.15) is 0 Å². The van der Waals surface area contributed by atoms with Crippen molar-refractivity contribution in [3.63, 3.8) is 0 Å². The SMILES string of the molecule is CC(C)(C)OC(=O)C1CCN(N)C1=O. The first-order chi connectivity index (χ1) is 6.31. The van der Waals surface area contributed by atoms with Gasteiger partial charge >= 0.3 is 5.97 Å². The fourth-order valence-corrected chi connectivity index (χ4v) is 1.29. The molecule has 0 aromatic rings. The smallest absolute Gasteiger partial charge is 0.319 e. The average Bonchev–Trinajstić information content (AvgIpc) is 2.29. The molecule has 1 heterocycles. The molecule has 0 aliphatic carbocycles. The lowest BCUT2D eigenvalue weighted by Gasteiger charge is -2.21. The van der Waals surface area contributed by atoms with Crippen LogP contribution < -0.4 is 5.84 Å². The van der Waals surface area contributed by atoms with E-state index in [9.17, 15) is 9.59 Å². The Morgan fingerprint density at radius 3 is 2.50 bits per heavy atom. The van der Waals surface area contributed by atoms with E-state index in [1.165, 1.54) is 0 Å². The van der Waals surface area contributed by atoms with Gasteiger partial charge in [0.2, 0.25) is 0 Å². The standard InChI is InChI=1S/C9H16N2O3/c1-9(2,3)14-8(13)6-4-5-11(10)7(6)12/h6H,4-5,10H2,1-3H3. The van der Waals surface area contributed by atoms with E-state index in [2.05, 4.69) is 0 Å². The summed E-state index contributed by atoms with van der Waals surface area (Å²) >= 11 is 0. The van der Waals surface area contributed by atoms with Crippen LogP contribution in [-0.2, 0) is 14.3 Å². The monoisotopic (exact) mass is 200 g/mol. The van der Waals surface area contributed by atoms with E-state index in [1.807, 2.05) is 0 Å². The van der Waals surface area contributed by atoms with Gasteiger partial charge in [0.1, 0.15) is 11.5 Å². The second kappa shape index (κ2) is 3.57. The van der Waals surface area contributed by atoms with Crippen LogP contribution in [0.5, 0.6) is 0 Å². The molecule has 1 fully saturated rings. The van der Waals surface area contributed by atoms with Crippen molar-refractivity contribution in [1.29, 1.82) is 0 Å². The molecule has 5 nitrogen and oxygen atoms in total. The van der Waals surface area contributed by atoms with Crippen molar-refractivity contribution >= 4 is 11.9 Å². The summed E-state index contributed by atoms with van der Waals surface area (Å²) in [4.78, 5) is 22.8. The third-order valence-electron chi connectivity index (χ3n) is 1.93. The van der Waals surface area contributed by atoms with E-state index in [1.54, 1.807) is 20.8 Å². The van der Waals surface area contributed by atoms with Gasteiger partial charge < -0.3 is 4.74 Å². The van der Waals surface area contributed by atoms with Crippen LogP contribution in [0.3, 0.4) is 0 Å². The Morgan fingerprint density at radius 1 is 1.57 bits per heavy atom. The molecule has 0 bridgehead atoms. The predicted molar refractivity (Wildman–Crippen MR) is 49.9 cm³/mol. The quantitative estimate of drug-likeness (QED) is 0.281. The van der Waals surface area contributed by atoms with Gasteiger partial charge in [0.25, 0.3) is 5.91 Å². The summed E-state index contributed by atoms with van der Waals surface area (Å²) in [5.74, 6) is 3.81. The maximum absolute atomic E-state index is 11.5. The third-order valence-corrected chi connectivity index (χ3v) is 1.93. The highest BCUT2D eigenvalue weighted by Crippen LogP contribution is 2.19. The van der Waals surface area contributed by atoms with Crippen LogP contribution in [-0.4, -0.2) is 29.0 Å². The molecule has 1 saturated heterocycles. The zero-order chi connectivity index (χ0) is 10.9. The number of hydrogen-bond acceptors (Lipinski definition) is 4. The molecule has 1 unspecified atom stereocenters. The predicted octanol–water partition coefficient (Wildman–Crippen LogP) is 0.0503. The Labute approximate surface area is 83.2 Å². The van der Waals surface area contributed by atoms with Gasteiger partial charge in [0.15, 0.2) is 0 Å². The first-order valence-corrected chi connectivity index (χ1v) is 4.60. The highest BCUT2D eigenvalue weighted by atomic mass is 16.6. The van der Waals surface area contributed by atoms with E-state index in [0.717, 1.165) is 5.01 Å². The van der Waals surface area contributed by atoms with E-state index >= 15 is 0 Å². The highest BCUT2D eigenvalue weighted by Gasteiger charge is 2.38. The minimum absolute atomic E-state index is 0.348. The molecule has 80 valence electrons. The van der Waals surface area contributed by atoms with Crippen LogP contribution in [0, 0.1) is 5.92 Å². The minimum Gasteiger partial charge on any atom is -0.459 e. The Morgan fingerprint density at radius 2 is 2.14 bits per heavy atom. The molecular formula is C9H16N2O3. The Hall–Kier alpha value is -1.10. The highest BCUT2D eigenvalue weighted by molar-refractivity contribution is 5.99. The number of hydrogen-bond donors (Lipinski definition) is 1. The Kier molecular flexibility index (Phi) is 2.80. The number of esters is 1. The molecule has 5 heteroatoms. The number of amides is 1. The largest absolute Gasteiger partial charge is 0.459 e. The van der Waals surface area contributed by atoms with E-state index in [4.69, 9.17) is 10.6 Å². The molecule has 0 radical (unpaired) electrons. The van der Waals surface area contributed by atoms with Gasteiger partial charge in [0.05, 0.1) is 0 Å². The molecule has 1 aliphatic rings. The van der Waals surface area contributed by atoms with Crippen LogP contribution in [0.15, 0.2) is 0 Å². The van der Waals surface area contributed by atoms with E-state index in [-0.39, 0.29) is 5.91 Å². The van der Waals surface area contributed by atoms with Crippen molar-refractivity contribution in [1.82, 2.24) is 5.01 Å². The number of nitrogens with two attached hydrogens (primary N) is 1. The first-order valence-electron chi connectivity index (χ1n) is 4.60. The van der Waals surface area contributed by atoms with Crippen molar-refractivity contribution in [3.05, 3.63) is 0 Å². The van der Waals surface area contributed by atoms with Gasteiger partial charge in [-0.05, 0) is 27.2 Å². The first kappa shape index (κ1) is 11.0. The number of nitrogens with zero attached hydrogens (tertiary/aromatic N) is 1. The molecule has 1 amide bonds. The lowest BCUT2D eigenvalue weighted by Crippen LogP contribution is -2.37. The summed E-state index contributed by atoms with van der Waals surface area (Å²) in [6.45, 7) is 5.72. The molecular weight excluding hydrogens is 184 g/mol. The van der Waals surface area contributed by atoms with E-state index < -0.39 is 17.5 Å². The normalized spacial score (nSPS) is 22.7. The van der Waals surface area contributed by atoms with Crippen LogP contribution in [0.2, 0.25) is 0 Å². The van der Waals surface area contributed by atoms with Crippen molar-refractivity contribution in [2.45, 2.75) is 32.8 Å². The summed E-state index contributed by atoms with van der Waals surface area (Å²) in [7, 11) is 0. The zero-order valence-corrected chi connectivity index (χ0v) is 8.74. The molecule has 1 atom stereocenters. The average molecular weight is 200 g/mol. The summed E-state index contributed by atoms with van der Waals surface area (Å²) in [6.07, 6.45) is 0.449. The number of rotatable bonds is 1. The van der Waals surface area contributed by atoms with Gasteiger partial charge in [-0.15, -0.1) is 0 Å². The number of carbonyl (C=O) groups is 2. The summed E-state index contributed by atoms with van der Waals surface area (Å²) < 4.78 is 5.10. The maximum Gasteiger partial charge on any atom is 0.319 e. The van der Waals surface area contributed by atoms with Crippen molar-refractivity contribution in [2.24, 2.45) is 11.8 Å². The second-order valence-electron chi connectivity index (χ2n) is 4.41. The summed E-state index contributed by atoms with van der Waals surface area (Å²) in [5, 5.41) is 1.06. The Balaban J connectivity index is 2.59. The maximum atomic E-state index is 11.5. The number of hydrazine groups is 1. The topological polar surface area (TPSA) is 72.6 Å². The Bertz CT molecular complexity index is 257. The fraction of sp³-hybridized carbons (Fsp3) is 0.778. The molecule has 2 N–H and O–H groups in total.